The molecule has 0 spiro atoms. The van der Waals surface area contributed by atoms with Crippen molar-refractivity contribution in [3.8, 4) is 11.5 Å². The van der Waals surface area contributed by atoms with E-state index in [9.17, 15) is 9.59 Å². The normalized spacial score (nSPS) is 12.9. The fourth-order valence-corrected chi connectivity index (χ4v) is 3.74. The molecule has 1 N–H and O–H groups in total. The average Bonchev–Trinajstić information content (AvgIpc) is 3.14. The number of esters is 1. The monoisotopic (exact) mass is 424 g/mol. The zero-order chi connectivity index (χ0) is 22.5. The van der Waals surface area contributed by atoms with E-state index in [2.05, 4.69) is 10.3 Å². The summed E-state index contributed by atoms with van der Waals surface area (Å²) in [5, 5.41) is 2.85. The lowest BCUT2D eigenvalue weighted by molar-refractivity contribution is -0.116. The van der Waals surface area contributed by atoms with Gasteiger partial charge in [0.25, 0.3) is 0 Å². The van der Waals surface area contributed by atoms with E-state index >= 15 is 0 Å². The van der Waals surface area contributed by atoms with Crippen LogP contribution in [0.3, 0.4) is 0 Å². The number of methoxy groups -OCH3 is 2. The molecule has 7 heteroatoms. The Balaban J connectivity index is 1.73. The number of cyclic esters (lactones) is 1. The van der Waals surface area contributed by atoms with Crippen molar-refractivity contribution in [2.75, 3.05) is 19.5 Å². The predicted octanol–water partition coefficient (Wildman–Crippen LogP) is 4.29. The van der Waals surface area contributed by atoms with Crippen molar-refractivity contribution >= 4 is 17.7 Å². The Morgan fingerprint density at radius 1 is 1.23 bits per heavy atom. The first-order valence-electron chi connectivity index (χ1n) is 10.2. The molecule has 31 heavy (non-hydrogen) atoms. The first-order chi connectivity index (χ1) is 14.9. The molecule has 7 nitrogen and oxygen atoms in total. The van der Waals surface area contributed by atoms with E-state index in [0.717, 1.165) is 27.8 Å². The summed E-state index contributed by atoms with van der Waals surface area (Å²) in [6.07, 6.45) is 5.16. The molecule has 0 radical (unpaired) electrons. The van der Waals surface area contributed by atoms with E-state index in [0.29, 0.717) is 42.1 Å². The molecular weight excluding hydrogens is 396 g/mol. The number of anilines is 1. The molecular formula is C24H28N2O5. The lowest BCUT2D eigenvalue weighted by atomic mass is 9.94. The van der Waals surface area contributed by atoms with Gasteiger partial charge >= 0.3 is 5.97 Å². The molecule has 1 amide bonds. The fraction of sp³-hybridized carbons (Fsp3) is 0.375. The molecule has 0 bridgehead atoms. The van der Waals surface area contributed by atoms with Crippen LogP contribution in [0.5, 0.6) is 11.5 Å². The maximum Gasteiger partial charge on any atom is 0.342 e. The molecule has 164 valence electrons. The van der Waals surface area contributed by atoms with Gasteiger partial charge in [-0.05, 0) is 50.8 Å². The van der Waals surface area contributed by atoms with Crippen LogP contribution in [0.25, 0.3) is 0 Å². The van der Waals surface area contributed by atoms with Crippen molar-refractivity contribution in [3.63, 3.8) is 0 Å². The zero-order valence-corrected chi connectivity index (χ0v) is 18.6. The number of aryl methyl sites for hydroxylation is 1. The van der Waals surface area contributed by atoms with Crippen molar-refractivity contribution in [2.45, 2.75) is 46.6 Å². The number of hydrogen-bond donors (Lipinski definition) is 1. The maximum atomic E-state index is 12.3. The number of nitrogens with zero attached hydrogens (tertiary/aromatic N) is 1. The van der Waals surface area contributed by atoms with Gasteiger partial charge in [-0.3, -0.25) is 4.79 Å². The highest BCUT2D eigenvalue weighted by atomic mass is 16.5. The SMILES string of the molecule is COc1c(C)c2c(c(OC)c1CC=C(C)CCC(=O)Nc1ncccc1C)C(=O)OC2. The van der Waals surface area contributed by atoms with Crippen molar-refractivity contribution in [1.82, 2.24) is 4.98 Å². The van der Waals surface area contributed by atoms with Gasteiger partial charge in [-0.25, -0.2) is 9.78 Å². The van der Waals surface area contributed by atoms with Gasteiger partial charge < -0.3 is 19.5 Å². The maximum absolute atomic E-state index is 12.3. The van der Waals surface area contributed by atoms with Gasteiger partial charge in [0, 0.05) is 23.7 Å². The number of benzene rings is 1. The van der Waals surface area contributed by atoms with Crippen LogP contribution >= 0.6 is 0 Å². The number of carbonyl (C=O) groups is 2. The zero-order valence-electron chi connectivity index (χ0n) is 18.6. The molecule has 1 aliphatic heterocycles. The second-order valence-electron chi connectivity index (χ2n) is 7.57. The second-order valence-corrected chi connectivity index (χ2v) is 7.57. The number of carbonyl (C=O) groups excluding carboxylic acids is 2. The Morgan fingerprint density at radius 2 is 1.97 bits per heavy atom. The van der Waals surface area contributed by atoms with Crippen LogP contribution in [0.15, 0.2) is 30.0 Å². The van der Waals surface area contributed by atoms with Crippen molar-refractivity contribution in [3.05, 3.63) is 57.8 Å². The van der Waals surface area contributed by atoms with E-state index in [1.807, 2.05) is 39.0 Å². The minimum Gasteiger partial charge on any atom is -0.496 e. The number of allylic oxidation sites excluding steroid dienone is 2. The third-order valence-electron chi connectivity index (χ3n) is 5.50. The Labute approximate surface area is 182 Å². The molecule has 1 aromatic heterocycles. The minimum absolute atomic E-state index is 0.0826. The molecule has 2 aromatic rings. The first-order valence-corrected chi connectivity index (χ1v) is 10.2. The van der Waals surface area contributed by atoms with Crippen molar-refractivity contribution in [1.29, 1.82) is 0 Å². The summed E-state index contributed by atoms with van der Waals surface area (Å²) in [5.74, 6) is 1.32. The van der Waals surface area contributed by atoms with Gasteiger partial charge in [-0.15, -0.1) is 0 Å². The minimum atomic E-state index is -0.374. The van der Waals surface area contributed by atoms with Gasteiger partial charge in [0.2, 0.25) is 5.91 Å². The van der Waals surface area contributed by atoms with E-state index in [-0.39, 0.29) is 18.5 Å². The van der Waals surface area contributed by atoms with E-state index in [1.165, 1.54) is 0 Å². The fourth-order valence-electron chi connectivity index (χ4n) is 3.74. The molecule has 0 aliphatic carbocycles. The molecule has 0 unspecified atom stereocenters. The largest absolute Gasteiger partial charge is 0.496 e. The second kappa shape index (κ2) is 9.64. The van der Waals surface area contributed by atoms with Crippen LogP contribution in [0, 0.1) is 13.8 Å². The average molecular weight is 424 g/mol. The van der Waals surface area contributed by atoms with E-state index < -0.39 is 0 Å². The highest BCUT2D eigenvalue weighted by Crippen LogP contribution is 2.42. The molecule has 0 saturated carbocycles. The summed E-state index contributed by atoms with van der Waals surface area (Å²) < 4.78 is 16.4. The van der Waals surface area contributed by atoms with Crippen LogP contribution < -0.4 is 14.8 Å². The molecule has 1 aromatic carbocycles. The Morgan fingerprint density at radius 3 is 2.65 bits per heavy atom. The van der Waals surface area contributed by atoms with Crippen LogP contribution in [0.4, 0.5) is 5.82 Å². The van der Waals surface area contributed by atoms with Crippen LogP contribution in [0.2, 0.25) is 0 Å². The molecule has 0 fully saturated rings. The standard InChI is InChI=1S/C24H28N2O5/c1-14(9-11-19(27)26-23-15(2)7-6-12-25-23)8-10-17-21(29-4)16(3)18-13-31-24(28)20(18)22(17)30-5/h6-8,12H,9-11,13H2,1-5H3,(H,25,26,27). The molecule has 1 aliphatic rings. The van der Waals surface area contributed by atoms with E-state index in [4.69, 9.17) is 14.2 Å². The Bertz CT molecular complexity index is 1040. The number of ether oxygens (including phenoxy) is 3. The summed E-state index contributed by atoms with van der Waals surface area (Å²) >= 11 is 0. The van der Waals surface area contributed by atoms with Gasteiger partial charge in [0.05, 0.1) is 14.2 Å². The number of amides is 1. The lowest BCUT2D eigenvalue weighted by Gasteiger charge is -2.18. The molecule has 0 atom stereocenters. The van der Waals surface area contributed by atoms with Gasteiger partial charge in [-0.2, -0.15) is 0 Å². The highest BCUT2D eigenvalue weighted by molar-refractivity contribution is 5.98. The first kappa shape index (κ1) is 22.3. The van der Waals surface area contributed by atoms with Crippen LogP contribution in [-0.4, -0.2) is 31.1 Å². The number of pyridine rings is 1. The number of hydrogen-bond acceptors (Lipinski definition) is 6. The number of fused-ring (bicyclic) bond motifs is 1. The quantitative estimate of drug-likeness (QED) is 0.502. The van der Waals surface area contributed by atoms with E-state index in [1.54, 1.807) is 20.4 Å². The summed E-state index contributed by atoms with van der Waals surface area (Å²) in [5.41, 5.74) is 4.95. The summed E-state index contributed by atoms with van der Waals surface area (Å²) in [6.45, 7) is 6.03. The van der Waals surface area contributed by atoms with Crippen molar-refractivity contribution in [2.24, 2.45) is 0 Å². The third kappa shape index (κ3) is 4.71. The Hall–Kier alpha value is -3.35. The summed E-state index contributed by atoms with van der Waals surface area (Å²) in [7, 11) is 3.15. The molecule has 3 rings (SSSR count). The Kier molecular flexibility index (Phi) is 6.95. The predicted molar refractivity (Wildman–Crippen MR) is 118 cm³/mol. The smallest absolute Gasteiger partial charge is 0.342 e. The van der Waals surface area contributed by atoms with Gasteiger partial charge in [0.1, 0.15) is 29.5 Å². The lowest BCUT2D eigenvalue weighted by Crippen LogP contribution is -2.13. The number of rotatable bonds is 8. The summed E-state index contributed by atoms with van der Waals surface area (Å²) in [4.78, 5) is 28.7. The molecule has 0 saturated heterocycles. The number of aromatic nitrogens is 1. The topological polar surface area (TPSA) is 86.8 Å². The highest BCUT2D eigenvalue weighted by Gasteiger charge is 2.32. The van der Waals surface area contributed by atoms with Crippen LogP contribution in [-0.2, 0) is 22.6 Å². The number of nitrogens with one attached hydrogen (secondary N) is 1. The third-order valence-corrected chi connectivity index (χ3v) is 5.50. The van der Waals surface area contributed by atoms with Crippen LogP contribution in [0.1, 0.15) is 52.4 Å². The van der Waals surface area contributed by atoms with Gasteiger partial charge in [0.15, 0.2) is 0 Å². The van der Waals surface area contributed by atoms with Crippen molar-refractivity contribution < 1.29 is 23.8 Å². The van der Waals surface area contributed by atoms with Gasteiger partial charge in [-0.1, -0.05) is 17.7 Å². The summed E-state index contributed by atoms with van der Waals surface area (Å²) in [6, 6.07) is 3.74. The molecule has 2 heterocycles.